The molecular weight excluding hydrogens is 462 g/mol. The number of aromatic nitrogens is 1. The molecule has 2 aliphatic heterocycles. The third-order valence-corrected chi connectivity index (χ3v) is 8.79. The maximum Gasteiger partial charge on any atom is 0.250 e. The van der Waals surface area contributed by atoms with Crippen molar-refractivity contribution in [2.45, 2.75) is 50.7 Å². The van der Waals surface area contributed by atoms with E-state index in [-0.39, 0.29) is 36.0 Å². The van der Waals surface area contributed by atoms with Crippen molar-refractivity contribution in [3.05, 3.63) is 88.8 Å². The Morgan fingerprint density at radius 1 is 0.892 bits per heavy atom. The fraction of sp³-hybridized carbons (Fsp3) is 0.419. The van der Waals surface area contributed by atoms with Crippen LogP contribution in [0, 0.1) is 17.8 Å². The second-order valence-corrected chi connectivity index (χ2v) is 10.9. The molecule has 1 aliphatic carbocycles. The fourth-order valence-corrected chi connectivity index (χ4v) is 7.03. The smallest absolute Gasteiger partial charge is 0.250 e. The van der Waals surface area contributed by atoms with Crippen molar-refractivity contribution >= 4 is 11.6 Å². The predicted octanol–water partition coefficient (Wildman–Crippen LogP) is 4.70. The molecule has 2 fully saturated rings. The summed E-state index contributed by atoms with van der Waals surface area (Å²) in [5, 5.41) is 13.7. The maximum atomic E-state index is 13.9. The van der Waals surface area contributed by atoms with Crippen LogP contribution >= 0.6 is 0 Å². The van der Waals surface area contributed by atoms with Gasteiger partial charge in [-0.25, -0.2) is 0 Å². The van der Waals surface area contributed by atoms with E-state index in [0.29, 0.717) is 12.5 Å². The molecule has 4 atom stereocenters. The van der Waals surface area contributed by atoms with E-state index in [2.05, 4.69) is 22.3 Å². The van der Waals surface area contributed by atoms with Crippen LogP contribution in [0.2, 0.25) is 0 Å². The SMILES string of the molecule is O=C(Nc1ccc(-c2ccccc2)cc1)[C@H]1[C@H](CO)[C@H]2Cn3c(cccc3=O)[C@H]2N1CC1CCCCC1. The van der Waals surface area contributed by atoms with Crippen molar-refractivity contribution in [3.63, 3.8) is 0 Å². The summed E-state index contributed by atoms with van der Waals surface area (Å²) in [5.41, 5.74) is 3.97. The lowest BCUT2D eigenvalue weighted by atomic mass is 9.88. The van der Waals surface area contributed by atoms with Crippen LogP contribution in [-0.2, 0) is 11.3 Å². The van der Waals surface area contributed by atoms with E-state index < -0.39 is 6.04 Å². The number of pyridine rings is 1. The first-order valence-electron chi connectivity index (χ1n) is 13.7. The minimum absolute atomic E-state index is 0.000661. The van der Waals surface area contributed by atoms with Gasteiger partial charge in [0, 0.05) is 49.0 Å². The summed E-state index contributed by atoms with van der Waals surface area (Å²) < 4.78 is 1.85. The molecule has 6 nitrogen and oxygen atoms in total. The third kappa shape index (κ3) is 4.53. The van der Waals surface area contributed by atoms with Crippen LogP contribution in [0.15, 0.2) is 77.6 Å². The largest absolute Gasteiger partial charge is 0.396 e. The Labute approximate surface area is 217 Å². The predicted molar refractivity (Wildman–Crippen MR) is 145 cm³/mol. The van der Waals surface area contributed by atoms with E-state index in [1.807, 2.05) is 59.2 Å². The molecule has 0 bridgehead atoms. The van der Waals surface area contributed by atoms with Gasteiger partial charge in [0.2, 0.25) is 5.91 Å². The van der Waals surface area contributed by atoms with Crippen LogP contribution in [0.5, 0.6) is 0 Å². The summed E-state index contributed by atoms with van der Waals surface area (Å²) >= 11 is 0. The van der Waals surface area contributed by atoms with Crippen LogP contribution in [0.4, 0.5) is 5.69 Å². The molecule has 6 heteroatoms. The maximum absolute atomic E-state index is 13.9. The normalized spacial score (nSPS) is 25.5. The molecule has 3 aliphatic rings. The second kappa shape index (κ2) is 10.3. The van der Waals surface area contributed by atoms with E-state index in [1.165, 1.54) is 32.1 Å². The third-order valence-electron chi connectivity index (χ3n) is 8.79. The monoisotopic (exact) mass is 497 g/mol. The highest BCUT2D eigenvalue weighted by molar-refractivity contribution is 5.95. The molecule has 37 heavy (non-hydrogen) atoms. The molecule has 0 spiro atoms. The van der Waals surface area contributed by atoms with E-state index in [1.54, 1.807) is 6.07 Å². The lowest BCUT2D eigenvalue weighted by Gasteiger charge is -2.35. The molecule has 0 unspecified atom stereocenters. The van der Waals surface area contributed by atoms with Gasteiger partial charge in [0.25, 0.3) is 5.56 Å². The van der Waals surface area contributed by atoms with Crippen molar-refractivity contribution in [1.29, 1.82) is 0 Å². The number of likely N-dealkylation sites (tertiary alicyclic amines) is 1. The fourth-order valence-electron chi connectivity index (χ4n) is 7.03. The quantitative estimate of drug-likeness (QED) is 0.518. The van der Waals surface area contributed by atoms with E-state index in [9.17, 15) is 14.7 Å². The van der Waals surface area contributed by atoms with Crippen molar-refractivity contribution in [1.82, 2.24) is 9.47 Å². The number of hydrogen-bond donors (Lipinski definition) is 2. The molecule has 1 saturated carbocycles. The van der Waals surface area contributed by atoms with Gasteiger partial charge in [-0.3, -0.25) is 14.5 Å². The number of aliphatic hydroxyl groups is 1. The van der Waals surface area contributed by atoms with Gasteiger partial charge < -0.3 is 15.0 Å². The average Bonchev–Trinajstić information content (AvgIpc) is 3.46. The molecule has 3 aromatic rings. The molecule has 192 valence electrons. The molecule has 2 aromatic carbocycles. The Morgan fingerprint density at radius 3 is 2.35 bits per heavy atom. The second-order valence-electron chi connectivity index (χ2n) is 10.9. The topological polar surface area (TPSA) is 74.6 Å². The number of hydrogen-bond acceptors (Lipinski definition) is 4. The molecule has 1 amide bonds. The van der Waals surface area contributed by atoms with Crippen molar-refractivity contribution < 1.29 is 9.90 Å². The van der Waals surface area contributed by atoms with E-state index in [0.717, 1.165) is 29.1 Å². The lowest BCUT2D eigenvalue weighted by molar-refractivity contribution is -0.122. The van der Waals surface area contributed by atoms with Crippen molar-refractivity contribution in [2.75, 3.05) is 18.5 Å². The first kappa shape index (κ1) is 24.1. The summed E-state index contributed by atoms with van der Waals surface area (Å²) in [4.78, 5) is 28.8. The number of amides is 1. The van der Waals surface area contributed by atoms with Gasteiger partial charge in [-0.2, -0.15) is 0 Å². The minimum atomic E-state index is -0.431. The molecule has 6 rings (SSSR count). The van der Waals surface area contributed by atoms with Gasteiger partial charge in [-0.15, -0.1) is 0 Å². The van der Waals surface area contributed by atoms with Crippen LogP contribution in [0.1, 0.15) is 43.8 Å². The highest BCUT2D eigenvalue weighted by Gasteiger charge is 2.55. The number of carbonyl (C=O) groups excluding carboxylic acids is 1. The summed E-state index contributed by atoms with van der Waals surface area (Å²) in [7, 11) is 0. The number of fused-ring (bicyclic) bond motifs is 3. The van der Waals surface area contributed by atoms with Crippen LogP contribution < -0.4 is 10.9 Å². The van der Waals surface area contributed by atoms with Gasteiger partial charge in [0.1, 0.15) is 0 Å². The molecule has 2 N–H and O–H groups in total. The Bertz CT molecular complexity index is 1300. The Morgan fingerprint density at radius 2 is 1.62 bits per heavy atom. The van der Waals surface area contributed by atoms with Gasteiger partial charge in [0.15, 0.2) is 0 Å². The molecule has 3 heterocycles. The lowest BCUT2D eigenvalue weighted by Crippen LogP contribution is -2.47. The van der Waals surface area contributed by atoms with Gasteiger partial charge in [-0.05, 0) is 48.1 Å². The summed E-state index contributed by atoms with van der Waals surface area (Å²) in [6.45, 7) is 1.31. The average molecular weight is 498 g/mol. The molecule has 0 radical (unpaired) electrons. The number of nitrogens with zero attached hydrogens (tertiary/aromatic N) is 2. The molecule has 1 aromatic heterocycles. The van der Waals surface area contributed by atoms with Gasteiger partial charge >= 0.3 is 0 Å². The van der Waals surface area contributed by atoms with E-state index >= 15 is 0 Å². The number of rotatable bonds is 6. The van der Waals surface area contributed by atoms with Gasteiger partial charge in [-0.1, -0.05) is 67.8 Å². The van der Waals surface area contributed by atoms with Crippen molar-refractivity contribution in [2.24, 2.45) is 17.8 Å². The molecular formula is C31H35N3O3. The summed E-state index contributed by atoms with van der Waals surface area (Å²) in [6, 6.07) is 23.1. The molecule has 1 saturated heterocycles. The number of nitrogens with one attached hydrogen (secondary N) is 1. The number of anilines is 1. The Kier molecular flexibility index (Phi) is 6.70. The number of carbonyl (C=O) groups is 1. The first-order valence-corrected chi connectivity index (χ1v) is 13.7. The van der Waals surface area contributed by atoms with Crippen LogP contribution in [0.25, 0.3) is 11.1 Å². The zero-order valence-corrected chi connectivity index (χ0v) is 21.1. The zero-order chi connectivity index (χ0) is 25.4. The summed E-state index contributed by atoms with van der Waals surface area (Å²) in [5.74, 6) is 0.287. The van der Waals surface area contributed by atoms with Crippen molar-refractivity contribution in [3.8, 4) is 11.1 Å². The van der Waals surface area contributed by atoms with Crippen LogP contribution in [0.3, 0.4) is 0 Å². The minimum Gasteiger partial charge on any atom is -0.396 e. The summed E-state index contributed by atoms with van der Waals surface area (Å²) in [6.07, 6.45) is 6.10. The zero-order valence-electron chi connectivity index (χ0n) is 21.1. The highest BCUT2D eigenvalue weighted by atomic mass is 16.3. The van der Waals surface area contributed by atoms with Crippen LogP contribution in [-0.4, -0.2) is 39.7 Å². The standard InChI is InChI=1S/C31H35N3O3/c35-20-26-25-19-33-27(12-7-13-28(33)36)29(25)34(18-21-8-3-1-4-9-21)30(26)31(37)32-24-16-14-23(15-17-24)22-10-5-2-6-11-22/h2,5-7,10-17,21,25-26,29-30,35H,1,3-4,8-9,18-20H2,(H,32,37)/t25-,26-,29+,30-/m1/s1. The Hall–Kier alpha value is -3.22. The number of benzene rings is 2. The van der Waals surface area contributed by atoms with E-state index in [4.69, 9.17) is 0 Å². The first-order chi connectivity index (χ1) is 18.1. The Balaban J connectivity index is 1.29. The van der Waals surface area contributed by atoms with Gasteiger partial charge in [0.05, 0.1) is 12.1 Å². The number of aliphatic hydroxyl groups excluding tert-OH is 1. The highest BCUT2D eigenvalue weighted by Crippen LogP contribution is 2.50.